The van der Waals surface area contributed by atoms with E-state index in [0.29, 0.717) is 10.6 Å². The second-order valence-electron chi connectivity index (χ2n) is 5.75. The molecular weight excluding hydrogens is 345 g/mol. The minimum absolute atomic E-state index is 0. The van der Waals surface area contributed by atoms with Crippen molar-refractivity contribution in [2.24, 2.45) is 0 Å². The fourth-order valence-electron chi connectivity index (χ4n) is 2.82. The summed E-state index contributed by atoms with van der Waals surface area (Å²) in [6.45, 7) is 4.38. The van der Waals surface area contributed by atoms with Gasteiger partial charge in [-0.25, -0.2) is 0 Å². The molecule has 2 aromatic rings. The van der Waals surface area contributed by atoms with Crippen LogP contribution >= 0.6 is 24.0 Å². The zero-order chi connectivity index (χ0) is 16.1. The first kappa shape index (κ1) is 18.7. The summed E-state index contributed by atoms with van der Waals surface area (Å²) in [5.41, 5.74) is 1.97. The number of rotatable bonds is 4. The van der Waals surface area contributed by atoms with Crippen molar-refractivity contribution < 1.29 is 4.79 Å². The van der Waals surface area contributed by atoms with Gasteiger partial charge in [-0.1, -0.05) is 17.7 Å². The highest BCUT2D eigenvalue weighted by Crippen LogP contribution is 2.14. The number of carbonyl (C=O) groups is 1. The molecule has 0 saturated carbocycles. The first-order valence-corrected chi connectivity index (χ1v) is 8.26. The number of pyridine rings is 1. The summed E-state index contributed by atoms with van der Waals surface area (Å²) in [5, 5.41) is 0.604. The standard InChI is InChI=1S/C18H20ClN3O.ClH/c19-17-3-1-2-16(14-17)18(23)22-12-10-21(11-13-22)9-6-15-4-7-20-8-5-15;/h1-5,7-8,14H,6,9-13H2;1H. The molecule has 1 aliphatic rings. The van der Waals surface area contributed by atoms with Crippen LogP contribution in [0.1, 0.15) is 15.9 Å². The monoisotopic (exact) mass is 365 g/mol. The van der Waals surface area contributed by atoms with Gasteiger partial charge >= 0.3 is 0 Å². The van der Waals surface area contributed by atoms with E-state index in [1.54, 1.807) is 12.1 Å². The van der Waals surface area contributed by atoms with Gasteiger partial charge in [-0.15, -0.1) is 12.4 Å². The van der Waals surface area contributed by atoms with Crippen molar-refractivity contribution in [3.05, 3.63) is 64.9 Å². The highest BCUT2D eigenvalue weighted by molar-refractivity contribution is 6.30. The van der Waals surface area contributed by atoms with E-state index in [1.807, 2.05) is 29.4 Å². The van der Waals surface area contributed by atoms with Gasteiger partial charge in [0, 0.05) is 55.7 Å². The third-order valence-corrected chi connectivity index (χ3v) is 4.43. The maximum Gasteiger partial charge on any atom is 0.253 e. The lowest BCUT2D eigenvalue weighted by atomic mass is 10.1. The van der Waals surface area contributed by atoms with Crippen molar-refractivity contribution in [2.45, 2.75) is 6.42 Å². The molecule has 1 fully saturated rings. The van der Waals surface area contributed by atoms with Gasteiger partial charge in [0.15, 0.2) is 0 Å². The highest BCUT2D eigenvalue weighted by atomic mass is 35.5. The Morgan fingerprint density at radius 1 is 1.08 bits per heavy atom. The molecule has 1 amide bonds. The Morgan fingerprint density at radius 2 is 1.79 bits per heavy atom. The number of carbonyl (C=O) groups excluding carboxylic acids is 1. The molecule has 0 unspecified atom stereocenters. The molecule has 0 radical (unpaired) electrons. The van der Waals surface area contributed by atoms with E-state index < -0.39 is 0 Å². The Kier molecular flexibility index (Phi) is 7.03. The normalized spacial score (nSPS) is 15.0. The molecule has 2 heterocycles. The van der Waals surface area contributed by atoms with Crippen molar-refractivity contribution in [1.29, 1.82) is 0 Å². The molecule has 0 bridgehead atoms. The summed E-state index contributed by atoms with van der Waals surface area (Å²) in [6.07, 6.45) is 4.68. The molecular formula is C18H21Cl2N3O. The van der Waals surface area contributed by atoms with Crippen molar-refractivity contribution in [2.75, 3.05) is 32.7 Å². The Morgan fingerprint density at radius 3 is 2.46 bits per heavy atom. The van der Waals surface area contributed by atoms with E-state index in [-0.39, 0.29) is 18.3 Å². The van der Waals surface area contributed by atoms with Crippen LogP contribution in [0.5, 0.6) is 0 Å². The molecule has 24 heavy (non-hydrogen) atoms. The van der Waals surface area contributed by atoms with Crippen LogP contribution < -0.4 is 0 Å². The maximum absolute atomic E-state index is 12.5. The summed E-state index contributed by atoms with van der Waals surface area (Å²) in [5.74, 6) is 0.0706. The Bertz CT molecular complexity index is 658. The number of benzene rings is 1. The van der Waals surface area contributed by atoms with Crippen LogP contribution in [0.2, 0.25) is 5.02 Å². The Labute approximate surface area is 153 Å². The molecule has 0 atom stereocenters. The van der Waals surface area contributed by atoms with E-state index in [9.17, 15) is 4.79 Å². The van der Waals surface area contributed by atoms with E-state index >= 15 is 0 Å². The van der Waals surface area contributed by atoms with E-state index in [4.69, 9.17) is 11.6 Å². The Balaban J connectivity index is 0.00000208. The zero-order valence-electron chi connectivity index (χ0n) is 13.4. The topological polar surface area (TPSA) is 36.4 Å². The van der Waals surface area contributed by atoms with Crippen LogP contribution in [-0.4, -0.2) is 53.4 Å². The fraction of sp³-hybridized carbons (Fsp3) is 0.333. The molecule has 1 saturated heterocycles. The third kappa shape index (κ3) is 4.94. The average molecular weight is 366 g/mol. The lowest BCUT2D eigenvalue weighted by Crippen LogP contribution is -2.49. The molecule has 0 N–H and O–H groups in total. The van der Waals surface area contributed by atoms with Gasteiger partial charge in [-0.05, 0) is 42.3 Å². The predicted octanol–water partition coefficient (Wildman–Crippen LogP) is 3.16. The SMILES string of the molecule is Cl.O=C(c1cccc(Cl)c1)N1CCN(CCc2ccncc2)CC1. The van der Waals surface area contributed by atoms with Gasteiger partial charge in [0.2, 0.25) is 0 Å². The number of halogens is 2. The van der Waals surface area contributed by atoms with Crippen molar-refractivity contribution in [1.82, 2.24) is 14.8 Å². The fourth-order valence-corrected chi connectivity index (χ4v) is 3.01. The number of piperazine rings is 1. The van der Waals surface area contributed by atoms with Gasteiger partial charge < -0.3 is 4.90 Å². The maximum atomic E-state index is 12.5. The first-order chi connectivity index (χ1) is 11.2. The van der Waals surface area contributed by atoms with Crippen LogP contribution in [0.25, 0.3) is 0 Å². The van der Waals surface area contributed by atoms with Gasteiger partial charge in [0.05, 0.1) is 0 Å². The highest BCUT2D eigenvalue weighted by Gasteiger charge is 2.21. The van der Waals surface area contributed by atoms with Crippen molar-refractivity contribution in [3.8, 4) is 0 Å². The summed E-state index contributed by atoms with van der Waals surface area (Å²) in [7, 11) is 0. The number of amides is 1. The minimum Gasteiger partial charge on any atom is -0.336 e. The molecule has 1 aromatic carbocycles. The quantitative estimate of drug-likeness (QED) is 0.834. The van der Waals surface area contributed by atoms with Gasteiger partial charge in [-0.3, -0.25) is 14.7 Å². The van der Waals surface area contributed by atoms with Crippen LogP contribution in [-0.2, 0) is 6.42 Å². The average Bonchev–Trinajstić information content (AvgIpc) is 2.61. The number of hydrogen-bond acceptors (Lipinski definition) is 3. The summed E-state index contributed by atoms with van der Waals surface area (Å²) < 4.78 is 0. The van der Waals surface area contributed by atoms with Crippen LogP contribution in [0.4, 0.5) is 0 Å². The molecule has 128 valence electrons. The summed E-state index contributed by atoms with van der Waals surface area (Å²) >= 11 is 5.97. The van der Waals surface area contributed by atoms with Gasteiger partial charge in [-0.2, -0.15) is 0 Å². The molecule has 1 aromatic heterocycles. The summed E-state index contributed by atoms with van der Waals surface area (Å²) in [6, 6.07) is 11.3. The molecule has 0 spiro atoms. The molecule has 1 aliphatic heterocycles. The van der Waals surface area contributed by atoms with Crippen LogP contribution in [0, 0.1) is 0 Å². The van der Waals surface area contributed by atoms with E-state index in [0.717, 1.165) is 39.1 Å². The predicted molar refractivity (Wildman–Crippen MR) is 99.0 cm³/mol. The lowest BCUT2D eigenvalue weighted by molar-refractivity contribution is 0.0638. The number of aromatic nitrogens is 1. The second kappa shape index (κ2) is 9.02. The zero-order valence-corrected chi connectivity index (χ0v) is 15.0. The van der Waals surface area contributed by atoms with Gasteiger partial charge in [0.1, 0.15) is 0 Å². The van der Waals surface area contributed by atoms with E-state index in [2.05, 4.69) is 22.0 Å². The number of nitrogens with zero attached hydrogens (tertiary/aromatic N) is 3. The Hall–Kier alpha value is -1.62. The lowest BCUT2D eigenvalue weighted by Gasteiger charge is -2.34. The smallest absolute Gasteiger partial charge is 0.253 e. The van der Waals surface area contributed by atoms with Crippen LogP contribution in [0.3, 0.4) is 0 Å². The van der Waals surface area contributed by atoms with Crippen LogP contribution in [0.15, 0.2) is 48.8 Å². The third-order valence-electron chi connectivity index (χ3n) is 4.20. The largest absolute Gasteiger partial charge is 0.336 e. The number of hydrogen-bond donors (Lipinski definition) is 0. The first-order valence-electron chi connectivity index (χ1n) is 7.88. The second-order valence-corrected chi connectivity index (χ2v) is 6.19. The van der Waals surface area contributed by atoms with Crippen molar-refractivity contribution in [3.63, 3.8) is 0 Å². The molecule has 0 aliphatic carbocycles. The molecule has 4 nitrogen and oxygen atoms in total. The minimum atomic E-state index is 0. The van der Waals surface area contributed by atoms with Crippen molar-refractivity contribution >= 4 is 29.9 Å². The molecule has 6 heteroatoms. The van der Waals surface area contributed by atoms with Gasteiger partial charge in [0.25, 0.3) is 5.91 Å². The summed E-state index contributed by atoms with van der Waals surface area (Å²) in [4.78, 5) is 20.8. The molecule has 3 rings (SSSR count). The van der Waals surface area contributed by atoms with E-state index in [1.165, 1.54) is 5.56 Å².